The number of amides is 1. The number of rotatable bonds is 1. The van der Waals surface area contributed by atoms with Crippen LogP contribution < -0.4 is 0 Å². The Morgan fingerprint density at radius 1 is 1.48 bits per heavy atom. The number of nitrogens with zero attached hydrogens (tertiary/aromatic N) is 5. The molecule has 0 spiro atoms. The monoisotopic (exact) mass is 399 g/mol. The topological polar surface area (TPSA) is 84.1 Å². The van der Waals surface area contributed by atoms with E-state index in [9.17, 15) is 9.18 Å². The van der Waals surface area contributed by atoms with Crippen molar-refractivity contribution < 1.29 is 14.3 Å². The fraction of sp³-hybridized carbons (Fsp3) is 0.231. The van der Waals surface area contributed by atoms with Crippen LogP contribution in [-0.4, -0.2) is 49.2 Å². The molecule has 0 atom stereocenters. The third-order valence-electron chi connectivity index (χ3n) is 3.91. The molecule has 0 saturated carbocycles. The lowest BCUT2D eigenvalue weighted by molar-refractivity contribution is 0.0821. The molecule has 7 nitrogen and oxygen atoms in total. The predicted octanol–water partition coefficient (Wildman–Crippen LogP) is 3.07. The minimum absolute atomic E-state index is 0.146. The fourth-order valence-electron chi connectivity index (χ4n) is 2.69. The molecule has 1 aromatic carbocycles. The Labute approximate surface area is 141 Å². The van der Waals surface area contributed by atoms with Gasteiger partial charge in [-0.15, -0.1) is 5.10 Å². The summed E-state index contributed by atoms with van der Waals surface area (Å²) in [6, 6.07) is 1.46. The highest BCUT2D eigenvalue weighted by Gasteiger charge is 2.34. The van der Waals surface area contributed by atoms with Crippen LogP contribution in [0.3, 0.4) is 0 Å². The van der Waals surface area contributed by atoms with Gasteiger partial charge in [-0.25, -0.2) is 13.9 Å². The van der Waals surface area contributed by atoms with E-state index in [-0.39, 0.29) is 21.1 Å². The van der Waals surface area contributed by atoms with Gasteiger partial charge in [0, 0.05) is 18.5 Å². The van der Waals surface area contributed by atoms with Crippen LogP contribution in [0.4, 0.5) is 9.18 Å². The number of hydrogen-bond acceptors (Lipinski definition) is 4. The summed E-state index contributed by atoms with van der Waals surface area (Å²) in [6.07, 6.45) is 0.466. The average molecular weight is 401 g/mol. The summed E-state index contributed by atoms with van der Waals surface area (Å²) in [4.78, 5) is 16.3. The number of carboxylic acid groups (broad SMARTS) is 1. The molecule has 2 aromatic heterocycles. The molecular formula is C13H8BrClFN5O2. The van der Waals surface area contributed by atoms with Gasteiger partial charge in [-0.3, -0.25) is 4.98 Å². The van der Waals surface area contributed by atoms with E-state index in [4.69, 9.17) is 16.7 Å². The maximum Gasteiger partial charge on any atom is 0.407 e. The van der Waals surface area contributed by atoms with Crippen molar-refractivity contribution >= 4 is 55.6 Å². The normalized spacial score (nSPS) is 15.3. The third kappa shape index (κ3) is 2.07. The summed E-state index contributed by atoms with van der Waals surface area (Å²) in [5.41, 5.74) is 1.26. The number of aromatic nitrogens is 4. The van der Waals surface area contributed by atoms with Crippen molar-refractivity contribution in [1.29, 1.82) is 0 Å². The molecule has 3 aromatic rings. The van der Waals surface area contributed by atoms with Gasteiger partial charge in [0.1, 0.15) is 16.6 Å². The van der Waals surface area contributed by atoms with E-state index in [0.29, 0.717) is 29.5 Å². The van der Waals surface area contributed by atoms with Crippen molar-refractivity contribution in [2.75, 3.05) is 13.1 Å². The Bertz CT molecular complexity index is 972. The van der Waals surface area contributed by atoms with Crippen molar-refractivity contribution in [3.05, 3.63) is 27.6 Å². The Morgan fingerprint density at radius 2 is 2.22 bits per heavy atom. The van der Waals surface area contributed by atoms with E-state index in [2.05, 4.69) is 31.2 Å². The van der Waals surface area contributed by atoms with E-state index in [1.165, 1.54) is 11.1 Å². The highest BCUT2D eigenvalue weighted by Crippen LogP contribution is 2.35. The standard InChI is InChI=1S/C13H8BrClFN5O2/c14-9-7(15)1-6-11(10(9)16)17-2-8-12(6)21(19-18-8)5-3-20(4-5)13(22)23/h1-2,5H,3-4H2,(H,22,23). The zero-order valence-corrected chi connectivity index (χ0v) is 13.7. The minimum atomic E-state index is -0.977. The van der Waals surface area contributed by atoms with Crippen LogP contribution in [0.25, 0.3) is 21.9 Å². The second-order valence-electron chi connectivity index (χ2n) is 5.25. The minimum Gasteiger partial charge on any atom is -0.465 e. The zero-order valence-electron chi connectivity index (χ0n) is 11.4. The molecule has 10 heteroatoms. The number of likely N-dealkylation sites (tertiary alicyclic amines) is 1. The zero-order chi connectivity index (χ0) is 16.3. The van der Waals surface area contributed by atoms with Gasteiger partial charge in [0.05, 0.1) is 21.7 Å². The van der Waals surface area contributed by atoms with Crippen molar-refractivity contribution in [2.45, 2.75) is 6.04 Å². The first-order valence-electron chi connectivity index (χ1n) is 6.62. The Morgan fingerprint density at radius 3 is 2.91 bits per heavy atom. The maximum atomic E-state index is 14.4. The van der Waals surface area contributed by atoms with Crippen LogP contribution in [0.15, 0.2) is 16.7 Å². The Kier molecular flexibility index (Phi) is 3.17. The number of pyridine rings is 1. The first kappa shape index (κ1) is 14.6. The number of hydrogen-bond donors (Lipinski definition) is 1. The molecule has 118 valence electrons. The van der Waals surface area contributed by atoms with Crippen LogP contribution in [0, 0.1) is 5.82 Å². The highest BCUT2D eigenvalue weighted by atomic mass is 79.9. The van der Waals surface area contributed by atoms with Gasteiger partial charge in [-0.1, -0.05) is 16.8 Å². The summed E-state index contributed by atoms with van der Waals surface area (Å²) < 4.78 is 16.1. The molecule has 23 heavy (non-hydrogen) atoms. The summed E-state index contributed by atoms with van der Waals surface area (Å²) in [7, 11) is 0. The molecule has 1 saturated heterocycles. The first-order chi connectivity index (χ1) is 11.0. The molecule has 1 N–H and O–H groups in total. The van der Waals surface area contributed by atoms with Crippen molar-refractivity contribution in [1.82, 2.24) is 24.9 Å². The third-order valence-corrected chi connectivity index (χ3v) is 5.21. The largest absolute Gasteiger partial charge is 0.465 e. The van der Waals surface area contributed by atoms with Crippen molar-refractivity contribution in [2.24, 2.45) is 0 Å². The molecule has 0 unspecified atom stereocenters. The van der Waals surface area contributed by atoms with Gasteiger partial charge in [0.15, 0.2) is 5.82 Å². The summed E-state index contributed by atoms with van der Waals surface area (Å²) >= 11 is 9.15. The van der Waals surface area contributed by atoms with Gasteiger partial charge in [0.25, 0.3) is 0 Å². The smallest absolute Gasteiger partial charge is 0.407 e. The number of fused-ring (bicyclic) bond motifs is 3. The van der Waals surface area contributed by atoms with Gasteiger partial charge in [-0.2, -0.15) is 0 Å². The number of benzene rings is 1. The van der Waals surface area contributed by atoms with Crippen LogP contribution in [0.1, 0.15) is 6.04 Å². The van der Waals surface area contributed by atoms with E-state index in [1.54, 1.807) is 10.7 Å². The lowest BCUT2D eigenvalue weighted by Crippen LogP contribution is -2.50. The lowest BCUT2D eigenvalue weighted by Gasteiger charge is -2.36. The molecule has 1 amide bonds. The molecular weight excluding hydrogens is 393 g/mol. The predicted molar refractivity (Wildman–Crippen MR) is 84.1 cm³/mol. The van der Waals surface area contributed by atoms with Crippen LogP contribution in [0.2, 0.25) is 5.02 Å². The second-order valence-corrected chi connectivity index (χ2v) is 6.45. The average Bonchev–Trinajstić information content (AvgIpc) is 2.87. The van der Waals surface area contributed by atoms with Gasteiger partial charge >= 0.3 is 6.09 Å². The van der Waals surface area contributed by atoms with Crippen molar-refractivity contribution in [3.8, 4) is 0 Å². The van der Waals surface area contributed by atoms with Crippen LogP contribution in [-0.2, 0) is 0 Å². The molecule has 0 aliphatic carbocycles. The van der Waals surface area contributed by atoms with E-state index >= 15 is 0 Å². The first-order valence-corrected chi connectivity index (χ1v) is 7.79. The molecule has 0 bridgehead atoms. The van der Waals surface area contributed by atoms with Crippen molar-refractivity contribution in [3.63, 3.8) is 0 Å². The molecule has 1 fully saturated rings. The molecule has 3 heterocycles. The molecule has 0 radical (unpaired) electrons. The van der Waals surface area contributed by atoms with Crippen LogP contribution >= 0.6 is 27.5 Å². The molecule has 1 aliphatic rings. The molecule has 4 rings (SSSR count). The Balaban J connectivity index is 1.92. The lowest BCUT2D eigenvalue weighted by atomic mass is 10.1. The van der Waals surface area contributed by atoms with E-state index in [1.807, 2.05) is 0 Å². The number of halogens is 3. The van der Waals surface area contributed by atoms with Gasteiger partial charge < -0.3 is 10.0 Å². The summed E-state index contributed by atoms with van der Waals surface area (Å²) in [5.74, 6) is -0.553. The SMILES string of the molecule is O=C(O)N1CC(n2nnc3cnc4c(F)c(Br)c(Cl)cc4c32)C1. The highest BCUT2D eigenvalue weighted by molar-refractivity contribution is 9.10. The van der Waals surface area contributed by atoms with E-state index in [0.717, 1.165) is 0 Å². The van der Waals surface area contributed by atoms with Crippen LogP contribution in [0.5, 0.6) is 0 Å². The summed E-state index contributed by atoms with van der Waals surface area (Å²) in [6.45, 7) is 0.620. The fourth-order valence-corrected chi connectivity index (χ4v) is 3.19. The second kappa shape index (κ2) is 5.00. The van der Waals surface area contributed by atoms with Gasteiger partial charge in [0.2, 0.25) is 0 Å². The number of carbonyl (C=O) groups is 1. The van der Waals surface area contributed by atoms with E-state index < -0.39 is 11.9 Å². The van der Waals surface area contributed by atoms with Gasteiger partial charge in [-0.05, 0) is 22.0 Å². The summed E-state index contributed by atoms with van der Waals surface area (Å²) in [5, 5.41) is 17.8. The quantitative estimate of drug-likeness (QED) is 0.635. The Hall–Kier alpha value is -2.00. The maximum absolute atomic E-state index is 14.4. The molecule has 1 aliphatic heterocycles.